The number of aryl methyl sites for hydroxylation is 1. The number of methoxy groups -OCH3 is 1. The summed E-state index contributed by atoms with van der Waals surface area (Å²) in [4.78, 5) is 18.3. The maximum absolute atomic E-state index is 12.7. The predicted molar refractivity (Wildman–Crippen MR) is 105 cm³/mol. The van der Waals surface area contributed by atoms with E-state index in [2.05, 4.69) is 27.3 Å². The maximum atomic E-state index is 12.7. The van der Waals surface area contributed by atoms with Crippen LogP contribution in [0.15, 0.2) is 42.5 Å². The molecule has 1 aliphatic heterocycles. The van der Waals surface area contributed by atoms with Crippen LogP contribution in [0.3, 0.4) is 0 Å². The lowest BCUT2D eigenvalue weighted by molar-refractivity contribution is 0.102. The first-order valence-electron chi connectivity index (χ1n) is 8.98. The third-order valence-corrected chi connectivity index (χ3v) is 5.09. The number of nitrogens with one attached hydrogen (secondary N) is 2. The van der Waals surface area contributed by atoms with Crippen LogP contribution in [0.25, 0.3) is 10.9 Å². The van der Waals surface area contributed by atoms with Crippen molar-refractivity contribution in [2.45, 2.75) is 19.8 Å². The fourth-order valence-corrected chi connectivity index (χ4v) is 3.58. The number of benzene rings is 2. The van der Waals surface area contributed by atoms with Gasteiger partial charge < -0.3 is 19.9 Å². The van der Waals surface area contributed by atoms with Gasteiger partial charge in [-0.3, -0.25) is 4.79 Å². The van der Waals surface area contributed by atoms with Crippen molar-refractivity contribution in [3.8, 4) is 5.75 Å². The van der Waals surface area contributed by atoms with Crippen molar-refractivity contribution in [3.63, 3.8) is 0 Å². The summed E-state index contributed by atoms with van der Waals surface area (Å²) in [6, 6.07) is 13.8. The molecule has 0 spiro atoms. The number of rotatable bonds is 4. The molecule has 1 fully saturated rings. The first-order valence-corrected chi connectivity index (χ1v) is 8.98. The summed E-state index contributed by atoms with van der Waals surface area (Å²) in [5.41, 5.74) is 4.45. The van der Waals surface area contributed by atoms with Crippen molar-refractivity contribution in [1.82, 2.24) is 4.98 Å². The zero-order valence-electron chi connectivity index (χ0n) is 15.1. The molecule has 1 saturated heterocycles. The van der Waals surface area contributed by atoms with E-state index in [4.69, 9.17) is 4.74 Å². The molecule has 0 saturated carbocycles. The second-order valence-electron chi connectivity index (χ2n) is 6.73. The van der Waals surface area contributed by atoms with Crippen LogP contribution in [-0.4, -0.2) is 31.1 Å². The minimum atomic E-state index is -0.133. The van der Waals surface area contributed by atoms with Gasteiger partial charge in [-0.25, -0.2) is 0 Å². The van der Waals surface area contributed by atoms with Crippen molar-refractivity contribution < 1.29 is 9.53 Å². The van der Waals surface area contributed by atoms with Crippen molar-refractivity contribution in [3.05, 3.63) is 53.7 Å². The van der Waals surface area contributed by atoms with Gasteiger partial charge in [0.1, 0.15) is 11.4 Å². The third kappa shape index (κ3) is 3.01. The molecule has 0 atom stereocenters. The van der Waals surface area contributed by atoms with E-state index in [1.54, 1.807) is 7.11 Å². The quantitative estimate of drug-likeness (QED) is 0.737. The molecule has 1 amide bonds. The number of carbonyl (C=O) groups excluding carboxylic acids is 1. The van der Waals surface area contributed by atoms with E-state index < -0.39 is 0 Å². The normalized spacial score (nSPS) is 14.0. The van der Waals surface area contributed by atoms with Crippen LogP contribution in [0.2, 0.25) is 0 Å². The Bertz CT molecular complexity index is 938. The molecule has 26 heavy (non-hydrogen) atoms. The number of hydrogen-bond acceptors (Lipinski definition) is 3. The van der Waals surface area contributed by atoms with Gasteiger partial charge in [0.25, 0.3) is 5.91 Å². The zero-order valence-corrected chi connectivity index (χ0v) is 15.1. The largest absolute Gasteiger partial charge is 0.497 e. The summed E-state index contributed by atoms with van der Waals surface area (Å²) in [7, 11) is 1.64. The van der Waals surface area contributed by atoms with Gasteiger partial charge in [-0.15, -0.1) is 0 Å². The van der Waals surface area contributed by atoms with Gasteiger partial charge >= 0.3 is 0 Å². The number of carbonyl (C=O) groups is 1. The highest BCUT2D eigenvalue weighted by Crippen LogP contribution is 2.27. The van der Waals surface area contributed by atoms with Gasteiger partial charge in [0.15, 0.2) is 0 Å². The number of hydrogen-bond donors (Lipinski definition) is 2. The number of fused-ring (bicyclic) bond motifs is 1. The molecule has 1 aliphatic rings. The summed E-state index contributed by atoms with van der Waals surface area (Å²) >= 11 is 0. The second kappa shape index (κ2) is 6.75. The number of nitrogens with zero attached hydrogens (tertiary/aromatic N) is 1. The molecule has 3 aromatic rings. The van der Waals surface area contributed by atoms with Crippen LogP contribution in [0.5, 0.6) is 5.75 Å². The number of H-pyrrole nitrogens is 1. The monoisotopic (exact) mass is 349 g/mol. The first kappa shape index (κ1) is 16.5. The van der Waals surface area contributed by atoms with Crippen LogP contribution in [0.4, 0.5) is 11.4 Å². The molecule has 0 unspecified atom stereocenters. The summed E-state index contributed by atoms with van der Waals surface area (Å²) in [6.07, 6.45) is 2.51. The van der Waals surface area contributed by atoms with E-state index in [0.717, 1.165) is 41.0 Å². The van der Waals surface area contributed by atoms with Crippen molar-refractivity contribution in [2.24, 2.45) is 0 Å². The van der Waals surface area contributed by atoms with E-state index in [1.807, 2.05) is 37.3 Å². The highest BCUT2D eigenvalue weighted by Gasteiger charge is 2.16. The van der Waals surface area contributed by atoms with Crippen molar-refractivity contribution in [1.29, 1.82) is 0 Å². The highest BCUT2D eigenvalue weighted by molar-refractivity contribution is 6.08. The van der Waals surface area contributed by atoms with Gasteiger partial charge in [0, 0.05) is 35.4 Å². The maximum Gasteiger partial charge on any atom is 0.272 e. The average Bonchev–Trinajstić information content (AvgIpc) is 3.31. The summed E-state index contributed by atoms with van der Waals surface area (Å²) in [5.74, 6) is 0.649. The third-order valence-electron chi connectivity index (χ3n) is 5.09. The lowest BCUT2D eigenvalue weighted by Crippen LogP contribution is -2.17. The molecule has 2 aromatic carbocycles. The number of aromatic amines is 1. The van der Waals surface area contributed by atoms with Gasteiger partial charge in [-0.1, -0.05) is 0 Å². The molecule has 0 aliphatic carbocycles. The molecule has 2 heterocycles. The van der Waals surface area contributed by atoms with Crippen molar-refractivity contribution >= 4 is 28.2 Å². The Morgan fingerprint density at radius 1 is 1.12 bits per heavy atom. The van der Waals surface area contributed by atoms with E-state index in [9.17, 15) is 4.79 Å². The molecule has 4 rings (SSSR count). The summed E-state index contributed by atoms with van der Waals surface area (Å²) < 4.78 is 5.28. The Kier molecular flexibility index (Phi) is 4.29. The van der Waals surface area contributed by atoms with E-state index in [-0.39, 0.29) is 5.91 Å². The molecular formula is C21H23N3O2. The molecule has 0 bridgehead atoms. The second-order valence-corrected chi connectivity index (χ2v) is 6.73. The average molecular weight is 349 g/mol. The van der Waals surface area contributed by atoms with Crippen LogP contribution in [0, 0.1) is 6.92 Å². The van der Waals surface area contributed by atoms with Crippen molar-refractivity contribution in [2.75, 3.05) is 30.4 Å². The van der Waals surface area contributed by atoms with Gasteiger partial charge in [-0.2, -0.15) is 0 Å². The Hall–Kier alpha value is -2.95. The fraction of sp³-hybridized carbons (Fsp3) is 0.286. The minimum absolute atomic E-state index is 0.133. The van der Waals surface area contributed by atoms with E-state index in [0.29, 0.717) is 5.69 Å². The van der Waals surface area contributed by atoms with E-state index >= 15 is 0 Å². The number of ether oxygens (including phenoxy) is 1. The smallest absolute Gasteiger partial charge is 0.272 e. The minimum Gasteiger partial charge on any atom is -0.497 e. The number of anilines is 2. The standard InChI is InChI=1S/C21H23N3O2/c1-14-18-13-17(26-2)9-10-19(18)23-20(14)21(25)22-15-5-7-16(8-6-15)24-11-3-4-12-24/h5-10,13,23H,3-4,11-12H2,1-2H3,(H,22,25). The lowest BCUT2D eigenvalue weighted by atomic mass is 10.1. The van der Waals surface area contributed by atoms with Crippen LogP contribution in [0.1, 0.15) is 28.9 Å². The van der Waals surface area contributed by atoms with Crippen LogP contribution in [-0.2, 0) is 0 Å². The molecule has 0 radical (unpaired) electrons. The van der Waals surface area contributed by atoms with Crippen LogP contribution < -0.4 is 15.0 Å². The lowest BCUT2D eigenvalue weighted by Gasteiger charge is -2.17. The predicted octanol–water partition coefficient (Wildman–Crippen LogP) is 4.34. The molecule has 2 N–H and O–H groups in total. The number of aromatic nitrogens is 1. The summed E-state index contributed by atoms with van der Waals surface area (Å²) in [6.45, 7) is 4.18. The number of amides is 1. The Morgan fingerprint density at radius 2 is 1.85 bits per heavy atom. The Balaban J connectivity index is 1.54. The van der Waals surface area contributed by atoms with Gasteiger partial charge in [-0.05, 0) is 67.8 Å². The molecule has 5 heteroatoms. The Morgan fingerprint density at radius 3 is 2.54 bits per heavy atom. The topological polar surface area (TPSA) is 57.4 Å². The molecule has 5 nitrogen and oxygen atoms in total. The highest BCUT2D eigenvalue weighted by atomic mass is 16.5. The molecule has 134 valence electrons. The fourth-order valence-electron chi connectivity index (χ4n) is 3.58. The SMILES string of the molecule is COc1ccc2[nH]c(C(=O)Nc3ccc(N4CCCC4)cc3)c(C)c2c1. The van der Waals surface area contributed by atoms with Gasteiger partial charge in [0.05, 0.1) is 7.11 Å². The zero-order chi connectivity index (χ0) is 18.1. The molecule has 1 aromatic heterocycles. The molecular weight excluding hydrogens is 326 g/mol. The Labute approximate surface area is 153 Å². The summed E-state index contributed by atoms with van der Waals surface area (Å²) in [5, 5.41) is 3.99. The van der Waals surface area contributed by atoms with E-state index in [1.165, 1.54) is 18.5 Å². The van der Waals surface area contributed by atoms with Crippen LogP contribution >= 0.6 is 0 Å². The van der Waals surface area contributed by atoms with Gasteiger partial charge in [0.2, 0.25) is 0 Å². The first-order chi connectivity index (χ1) is 12.7.